The van der Waals surface area contributed by atoms with Crippen molar-refractivity contribution < 1.29 is 23.7 Å². The molecular formula is C12H15IO5. The molecule has 0 atom stereocenters. The Morgan fingerprint density at radius 2 is 1.89 bits per heavy atom. The summed E-state index contributed by atoms with van der Waals surface area (Å²) < 4.78 is 21.3. The first-order valence-electron chi connectivity index (χ1n) is 5.32. The number of benzene rings is 1. The third kappa shape index (κ3) is 3.94. The van der Waals surface area contributed by atoms with Gasteiger partial charge in [-0.15, -0.1) is 0 Å². The summed E-state index contributed by atoms with van der Waals surface area (Å²) in [6, 6.07) is 3.45. The van der Waals surface area contributed by atoms with Crippen LogP contribution in [-0.2, 0) is 9.53 Å². The fraction of sp³-hybridized carbons (Fsp3) is 0.417. The molecule has 100 valence electrons. The van der Waals surface area contributed by atoms with E-state index in [0.717, 1.165) is 3.57 Å². The maximum Gasteiger partial charge on any atom is 0.344 e. The normalized spacial score (nSPS) is 9.78. The summed E-state index contributed by atoms with van der Waals surface area (Å²) in [5.41, 5.74) is 0. The van der Waals surface area contributed by atoms with E-state index in [1.165, 1.54) is 0 Å². The molecule has 6 heteroatoms. The van der Waals surface area contributed by atoms with Crippen molar-refractivity contribution in [3.63, 3.8) is 0 Å². The van der Waals surface area contributed by atoms with Crippen LogP contribution < -0.4 is 14.2 Å². The van der Waals surface area contributed by atoms with Crippen molar-refractivity contribution in [2.24, 2.45) is 0 Å². The molecule has 5 nitrogen and oxygen atoms in total. The summed E-state index contributed by atoms with van der Waals surface area (Å²) in [7, 11) is 3.11. The van der Waals surface area contributed by atoms with E-state index in [1.54, 1.807) is 33.3 Å². The number of methoxy groups -OCH3 is 2. The first kappa shape index (κ1) is 14.9. The lowest BCUT2D eigenvalue weighted by molar-refractivity contribution is -0.145. The van der Waals surface area contributed by atoms with Crippen molar-refractivity contribution in [3.8, 4) is 17.2 Å². The maximum atomic E-state index is 11.2. The van der Waals surface area contributed by atoms with E-state index in [-0.39, 0.29) is 6.61 Å². The smallest absolute Gasteiger partial charge is 0.344 e. The standard InChI is InChI=1S/C12H15IO5/c1-4-17-11(14)7-18-10-6-8(15-2)5-9(16-3)12(10)13/h5-6H,4,7H2,1-3H3. The minimum Gasteiger partial charge on any atom is -0.496 e. The monoisotopic (exact) mass is 366 g/mol. The SMILES string of the molecule is CCOC(=O)COc1cc(OC)cc(OC)c1I. The van der Waals surface area contributed by atoms with Crippen molar-refractivity contribution in [2.45, 2.75) is 6.92 Å². The van der Waals surface area contributed by atoms with Gasteiger partial charge in [0.25, 0.3) is 0 Å². The van der Waals surface area contributed by atoms with Crippen LogP contribution in [0, 0.1) is 3.57 Å². The van der Waals surface area contributed by atoms with Crippen LogP contribution in [0.15, 0.2) is 12.1 Å². The lowest BCUT2D eigenvalue weighted by Gasteiger charge is -2.12. The second-order valence-electron chi connectivity index (χ2n) is 3.24. The Morgan fingerprint density at radius 3 is 2.44 bits per heavy atom. The number of halogens is 1. The molecule has 0 unspecified atom stereocenters. The highest BCUT2D eigenvalue weighted by Gasteiger charge is 2.12. The van der Waals surface area contributed by atoms with E-state index in [2.05, 4.69) is 22.6 Å². The highest BCUT2D eigenvalue weighted by atomic mass is 127. The molecular weight excluding hydrogens is 351 g/mol. The third-order valence-corrected chi connectivity index (χ3v) is 3.15. The summed E-state index contributed by atoms with van der Waals surface area (Å²) in [5.74, 6) is 1.36. The number of ether oxygens (including phenoxy) is 4. The van der Waals surface area contributed by atoms with Gasteiger partial charge in [-0.1, -0.05) is 0 Å². The van der Waals surface area contributed by atoms with Crippen molar-refractivity contribution in [3.05, 3.63) is 15.7 Å². The number of hydrogen-bond acceptors (Lipinski definition) is 5. The number of carbonyl (C=O) groups is 1. The van der Waals surface area contributed by atoms with E-state index in [9.17, 15) is 4.79 Å². The molecule has 0 aromatic heterocycles. The van der Waals surface area contributed by atoms with Crippen LogP contribution >= 0.6 is 22.6 Å². The van der Waals surface area contributed by atoms with Crippen LogP contribution in [0.25, 0.3) is 0 Å². The number of rotatable bonds is 6. The van der Waals surface area contributed by atoms with Gasteiger partial charge in [0.2, 0.25) is 0 Å². The topological polar surface area (TPSA) is 54.0 Å². The Kier molecular flexibility index (Phi) is 6.03. The molecule has 0 aliphatic carbocycles. The summed E-state index contributed by atoms with van der Waals surface area (Å²) in [5, 5.41) is 0. The van der Waals surface area contributed by atoms with E-state index in [1.807, 2.05) is 0 Å². The van der Waals surface area contributed by atoms with Gasteiger partial charge in [-0.05, 0) is 29.5 Å². The Bertz CT molecular complexity index is 419. The summed E-state index contributed by atoms with van der Waals surface area (Å²) in [4.78, 5) is 11.2. The highest BCUT2D eigenvalue weighted by Crippen LogP contribution is 2.35. The molecule has 0 N–H and O–H groups in total. The lowest BCUT2D eigenvalue weighted by Crippen LogP contribution is -2.15. The molecule has 0 aliphatic heterocycles. The number of carbonyl (C=O) groups excluding carboxylic acids is 1. The van der Waals surface area contributed by atoms with Gasteiger partial charge in [0.15, 0.2) is 6.61 Å². The molecule has 18 heavy (non-hydrogen) atoms. The van der Waals surface area contributed by atoms with Gasteiger partial charge in [-0.3, -0.25) is 0 Å². The van der Waals surface area contributed by atoms with Gasteiger partial charge in [0.1, 0.15) is 17.2 Å². The van der Waals surface area contributed by atoms with Gasteiger partial charge < -0.3 is 18.9 Å². The highest BCUT2D eigenvalue weighted by molar-refractivity contribution is 14.1. The predicted octanol–water partition coefficient (Wildman–Crippen LogP) is 2.25. The van der Waals surface area contributed by atoms with Crippen LogP contribution in [0.1, 0.15) is 6.92 Å². The third-order valence-electron chi connectivity index (χ3n) is 2.09. The fourth-order valence-corrected chi connectivity index (χ4v) is 1.95. The van der Waals surface area contributed by atoms with Crippen molar-refractivity contribution in [1.82, 2.24) is 0 Å². The van der Waals surface area contributed by atoms with Gasteiger partial charge in [0, 0.05) is 12.1 Å². The van der Waals surface area contributed by atoms with Crippen LogP contribution in [0.5, 0.6) is 17.2 Å². The Morgan fingerprint density at radius 1 is 1.22 bits per heavy atom. The van der Waals surface area contributed by atoms with Crippen LogP contribution in [-0.4, -0.2) is 33.4 Å². The fourth-order valence-electron chi connectivity index (χ4n) is 1.26. The molecule has 0 bridgehead atoms. The van der Waals surface area contributed by atoms with Gasteiger partial charge in [-0.25, -0.2) is 4.79 Å². The van der Waals surface area contributed by atoms with Crippen LogP contribution in [0.3, 0.4) is 0 Å². The summed E-state index contributed by atoms with van der Waals surface area (Å²) in [6.45, 7) is 1.94. The zero-order valence-corrected chi connectivity index (χ0v) is 12.6. The molecule has 0 radical (unpaired) electrons. The Hall–Kier alpha value is -1.18. The number of hydrogen-bond donors (Lipinski definition) is 0. The lowest BCUT2D eigenvalue weighted by atomic mass is 10.3. The predicted molar refractivity (Wildman–Crippen MR) is 74.4 cm³/mol. The zero-order valence-electron chi connectivity index (χ0n) is 10.5. The van der Waals surface area contributed by atoms with Crippen molar-refractivity contribution in [2.75, 3.05) is 27.4 Å². The second kappa shape index (κ2) is 7.30. The molecule has 0 heterocycles. The second-order valence-corrected chi connectivity index (χ2v) is 4.31. The quantitative estimate of drug-likeness (QED) is 0.571. The Labute approximate surface area is 119 Å². The van der Waals surface area contributed by atoms with E-state index in [4.69, 9.17) is 18.9 Å². The number of esters is 1. The average molecular weight is 366 g/mol. The van der Waals surface area contributed by atoms with Crippen molar-refractivity contribution in [1.29, 1.82) is 0 Å². The minimum atomic E-state index is -0.407. The molecule has 0 spiro atoms. The Balaban J connectivity index is 2.83. The van der Waals surface area contributed by atoms with E-state index < -0.39 is 5.97 Å². The van der Waals surface area contributed by atoms with E-state index >= 15 is 0 Å². The largest absolute Gasteiger partial charge is 0.496 e. The average Bonchev–Trinajstić information content (AvgIpc) is 2.38. The molecule has 0 aliphatic rings. The van der Waals surface area contributed by atoms with E-state index in [0.29, 0.717) is 23.9 Å². The molecule has 1 rings (SSSR count). The van der Waals surface area contributed by atoms with Gasteiger partial charge in [0.05, 0.1) is 24.4 Å². The van der Waals surface area contributed by atoms with Gasteiger partial charge in [-0.2, -0.15) is 0 Å². The van der Waals surface area contributed by atoms with Crippen LogP contribution in [0.4, 0.5) is 0 Å². The van der Waals surface area contributed by atoms with Gasteiger partial charge >= 0.3 is 5.97 Å². The molecule has 0 fully saturated rings. The minimum absolute atomic E-state index is 0.139. The zero-order chi connectivity index (χ0) is 13.5. The summed E-state index contributed by atoms with van der Waals surface area (Å²) in [6.07, 6.45) is 0. The van der Waals surface area contributed by atoms with Crippen molar-refractivity contribution >= 4 is 28.6 Å². The first-order valence-corrected chi connectivity index (χ1v) is 6.40. The van der Waals surface area contributed by atoms with Crippen LogP contribution in [0.2, 0.25) is 0 Å². The summed E-state index contributed by atoms with van der Waals surface area (Å²) >= 11 is 2.08. The molecule has 0 amide bonds. The molecule has 1 aromatic carbocycles. The molecule has 0 saturated heterocycles. The molecule has 1 aromatic rings. The maximum absolute atomic E-state index is 11.2. The first-order chi connectivity index (χ1) is 8.62. The molecule has 0 saturated carbocycles.